The topological polar surface area (TPSA) is 118 Å². The van der Waals surface area contributed by atoms with Crippen LogP contribution in [0.4, 0.5) is 0 Å². The maximum absolute atomic E-state index is 11.9. The van der Waals surface area contributed by atoms with Crippen LogP contribution in [0.25, 0.3) is 11.5 Å². The maximum atomic E-state index is 11.9. The highest BCUT2D eigenvalue weighted by atomic mass is 16.5. The Morgan fingerprint density at radius 1 is 1.33 bits per heavy atom. The number of aromatic nitrogens is 3. The van der Waals surface area contributed by atoms with Gasteiger partial charge in [-0.15, -0.1) is 0 Å². The Bertz CT molecular complexity index is 684. The summed E-state index contributed by atoms with van der Waals surface area (Å²) >= 11 is 0. The third kappa shape index (κ3) is 5.15. The molecule has 24 heavy (non-hydrogen) atoms. The predicted octanol–water partition coefficient (Wildman–Crippen LogP) is 1.68. The number of hydrogen-bond donors (Lipinski definition) is 2. The van der Waals surface area contributed by atoms with Crippen LogP contribution in [0.15, 0.2) is 28.9 Å². The molecule has 0 saturated carbocycles. The second kappa shape index (κ2) is 8.19. The van der Waals surface area contributed by atoms with Crippen molar-refractivity contribution in [3.63, 3.8) is 0 Å². The van der Waals surface area contributed by atoms with Crippen LogP contribution in [0.2, 0.25) is 0 Å². The van der Waals surface area contributed by atoms with Crippen LogP contribution in [0.3, 0.4) is 0 Å². The minimum Gasteiger partial charge on any atom is -0.480 e. The highest BCUT2D eigenvalue weighted by Crippen LogP contribution is 2.13. The Labute approximate surface area is 139 Å². The molecule has 0 radical (unpaired) electrons. The van der Waals surface area contributed by atoms with Gasteiger partial charge in [-0.3, -0.25) is 9.78 Å². The number of rotatable bonds is 8. The molecule has 1 amide bonds. The van der Waals surface area contributed by atoms with Gasteiger partial charge < -0.3 is 14.9 Å². The summed E-state index contributed by atoms with van der Waals surface area (Å²) in [6.07, 6.45) is 2.32. The van der Waals surface area contributed by atoms with E-state index in [-0.39, 0.29) is 24.7 Å². The number of amides is 1. The summed E-state index contributed by atoms with van der Waals surface area (Å²) in [6, 6.07) is 4.46. The summed E-state index contributed by atoms with van der Waals surface area (Å²) in [7, 11) is 0. The second-order valence-corrected chi connectivity index (χ2v) is 5.81. The van der Waals surface area contributed by atoms with E-state index in [1.807, 2.05) is 19.9 Å². The van der Waals surface area contributed by atoms with Crippen molar-refractivity contribution in [3.8, 4) is 11.5 Å². The van der Waals surface area contributed by atoms with Gasteiger partial charge in [0, 0.05) is 19.0 Å². The van der Waals surface area contributed by atoms with Crippen molar-refractivity contribution < 1.29 is 19.2 Å². The van der Waals surface area contributed by atoms with Crippen molar-refractivity contribution in [3.05, 3.63) is 30.3 Å². The molecule has 8 nitrogen and oxygen atoms in total. The third-order valence-electron chi connectivity index (χ3n) is 3.27. The van der Waals surface area contributed by atoms with E-state index in [9.17, 15) is 9.59 Å². The fraction of sp³-hybridized carbons (Fsp3) is 0.438. The quantitative estimate of drug-likeness (QED) is 0.755. The van der Waals surface area contributed by atoms with Crippen LogP contribution in [-0.2, 0) is 16.0 Å². The number of carbonyl (C=O) groups is 2. The number of pyridine rings is 1. The van der Waals surface area contributed by atoms with Gasteiger partial charge in [-0.1, -0.05) is 25.1 Å². The minimum atomic E-state index is -1.03. The Hall–Kier alpha value is -2.77. The zero-order chi connectivity index (χ0) is 17.5. The zero-order valence-corrected chi connectivity index (χ0v) is 13.6. The lowest BCUT2D eigenvalue weighted by atomic mass is 10.0. The van der Waals surface area contributed by atoms with Gasteiger partial charge in [-0.05, 0) is 24.5 Å². The number of hydrogen-bond acceptors (Lipinski definition) is 6. The van der Waals surface area contributed by atoms with Crippen molar-refractivity contribution in [2.45, 2.75) is 39.2 Å². The summed E-state index contributed by atoms with van der Waals surface area (Å²) in [6.45, 7) is 3.80. The highest BCUT2D eigenvalue weighted by molar-refractivity contribution is 5.83. The molecular weight excluding hydrogens is 312 g/mol. The monoisotopic (exact) mass is 332 g/mol. The van der Waals surface area contributed by atoms with Gasteiger partial charge in [-0.25, -0.2) is 4.79 Å². The van der Waals surface area contributed by atoms with Crippen LogP contribution in [-0.4, -0.2) is 38.1 Å². The molecule has 2 aromatic heterocycles. The fourth-order valence-electron chi connectivity index (χ4n) is 2.14. The van der Waals surface area contributed by atoms with Gasteiger partial charge >= 0.3 is 5.97 Å². The van der Waals surface area contributed by atoms with E-state index >= 15 is 0 Å². The zero-order valence-electron chi connectivity index (χ0n) is 13.6. The Kier molecular flexibility index (Phi) is 6.00. The Morgan fingerprint density at radius 2 is 2.12 bits per heavy atom. The highest BCUT2D eigenvalue weighted by Gasteiger charge is 2.21. The number of aliphatic carboxylic acids is 1. The number of nitrogens with one attached hydrogen (secondary N) is 1. The summed E-state index contributed by atoms with van der Waals surface area (Å²) in [5, 5.41) is 15.5. The first-order valence-electron chi connectivity index (χ1n) is 7.72. The average molecular weight is 332 g/mol. The lowest BCUT2D eigenvalue weighted by Gasteiger charge is -2.16. The second-order valence-electron chi connectivity index (χ2n) is 5.81. The number of carboxylic acids is 1. The molecule has 1 atom stereocenters. The van der Waals surface area contributed by atoms with Crippen molar-refractivity contribution in [1.29, 1.82) is 0 Å². The Morgan fingerprint density at radius 3 is 2.75 bits per heavy atom. The van der Waals surface area contributed by atoms with E-state index in [0.717, 1.165) is 0 Å². The fourth-order valence-corrected chi connectivity index (χ4v) is 2.14. The molecule has 128 valence electrons. The van der Waals surface area contributed by atoms with Gasteiger partial charge in [0.15, 0.2) is 0 Å². The average Bonchev–Trinajstić information content (AvgIpc) is 3.01. The summed E-state index contributed by atoms with van der Waals surface area (Å²) in [4.78, 5) is 31.3. The van der Waals surface area contributed by atoms with Gasteiger partial charge in [0.2, 0.25) is 17.6 Å². The first-order chi connectivity index (χ1) is 11.5. The number of carboxylic acid groups (broad SMARTS) is 1. The lowest BCUT2D eigenvalue weighted by Crippen LogP contribution is -2.41. The predicted molar refractivity (Wildman–Crippen MR) is 84.9 cm³/mol. The van der Waals surface area contributed by atoms with E-state index in [4.69, 9.17) is 9.63 Å². The molecule has 0 aliphatic rings. The molecule has 0 aliphatic heterocycles. The van der Waals surface area contributed by atoms with Crippen LogP contribution < -0.4 is 5.32 Å². The van der Waals surface area contributed by atoms with E-state index in [2.05, 4.69) is 20.4 Å². The summed E-state index contributed by atoms with van der Waals surface area (Å²) < 4.78 is 5.09. The van der Waals surface area contributed by atoms with Crippen LogP contribution in [0.1, 0.15) is 32.6 Å². The van der Waals surface area contributed by atoms with Crippen molar-refractivity contribution in [2.75, 3.05) is 0 Å². The molecule has 0 bridgehead atoms. The van der Waals surface area contributed by atoms with Gasteiger partial charge in [-0.2, -0.15) is 4.98 Å². The molecule has 0 aromatic carbocycles. The summed E-state index contributed by atoms with van der Waals surface area (Å²) in [5.41, 5.74) is 0.583. The van der Waals surface area contributed by atoms with E-state index in [0.29, 0.717) is 23.8 Å². The van der Waals surface area contributed by atoms with Crippen LogP contribution >= 0.6 is 0 Å². The smallest absolute Gasteiger partial charge is 0.326 e. The minimum absolute atomic E-state index is 0.0751. The molecule has 0 spiro atoms. The SMILES string of the molecule is CC(C)C[C@H](NC(=O)CCc1nc(-c2ccccn2)no1)C(=O)O. The summed E-state index contributed by atoms with van der Waals surface area (Å²) in [5.74, 6) is -0.563. The molecule has 8 heteroatoms. The van der Waals surface area contributed by atoms with E-state index < -0.39 is 12.0 Å². The van der Waals surface area contributed by atoms with Crippen molar-refractivity contribution in [1.82, 2.24) is 20.4 Å². The molecular formula is C16H20N4O4. The number of aryl methyl sites for hydroxylation is 1. The molecule has 0 unspecified atom stereocenters. The van der Waals surface area contributed by atoms with Gasteiger partial charge in [0.25, 0.3) is 0 Å². The first kappa shape index (κ1) is 17.6. The van der Waals surface area contributed by atoms with Gasteiger partial charge in [0.05, 0.1) is 0 Å². The largest absolute Gasteiger partial charge is 0.480 e. The number of carbonyl (C=O) groups excluding carboxylic acids is 1. The molecule has 0 fully saturated rings. The lowest BCUT2D eigenvalue weighted by molar-refractivity contribution is -0.142. The normalized spacial score (nSPS) is 12.1. The molecule has 0 saturated heterocycles. The standard InChI is InChI=1S/C16H20N4O4/c1-10(2)9-12(16(22)23)18-13(21)6-7-14-19-15(20-24-14)11-5-3-4-8-17-11/h3-5,8,10,12H,6-7,9H2,1-2H3,(H,18,21)(H,22,23)/t12-/m0/s1. The maximum Gasteiger partial charge on any atom is 0.326 e. The van der Waals surface area contributed by atoms with E-state index in [1.165, 1.54) is 0 Å². The molecule has 2 rings (SSSR count). The number of nitrogens with zero attached hydrogens (tertiary/aromatic N) is 3. The third-order valence-corrected chi connectivity index (χ3v) is 3.27. The van der Waals surface area contributed by atoms with Crippen molar-refractivity contribution in [2.24, 2.45) is 5.92 Å². The Balaban J connectivity index is 1.88. The molecule has 2 aromatic rings. The molecule has 2 heterocycles. The molecule has 0 aliphatic carbocycles. The van der Waals surface area contributed by atoms with E-state index in [1.54, 1.807) is 18.3 Å². The molecule has 2 N–H and O–H groups in total. The first-order valence-corrected chi connectivity index (χ1v) is 7.72. The van der Waals surface area contributed by atoms with Crippen molar-refractivity contribution >= 4 is 11.9 Å². The van der Waals surface area contributed by atoms with Crippen LogP contribution in [0, 0.1) is 5.92 Å². The van der Waals surface area contributed by atoms with Gasteiger partial charge in [0.1, 0.15) is 11.7 Å². The van der Waals surface area contributed by atoms with Crippen LogP contribution in [0.5, 0.6) is 0 Å².